The average Bonchev–Trinajstić information content (AvgIpc) is 2.69. The van der Waals surface area contributed by atoms with E-state index in [4.69, 9.17) is 16.3 Å². The molecule has 0 aliphatic rings. The van der Waals surface area contributed by atoms with Gasteiger partial charge in [0.2, 0.25) is 0 Å². The van der Waals surface area contributed by atoms with E-state index in [-0.39, 0.29) is 18.9 Å². The van der Waals surface area contributed by atoms with Crippen LogP contribution in [-0.4, -0.2) is 20.5 Å². The number of carbonyl (C=O) groups excluding carboxylic acids is 1. The Bertz CT molecular complexity index is 1050. The Morgan fingerprint density at radius 2 is 2.04 bits per heavy atom. The van der Waals surface area contributed by atoms with Gasteiger partial charge in [0, 0.05) is 23.2 Å². The third kappa shape index (κ3) is 5.05. The minimum Gasteiger partial charge on any atom is -0.485 e. The molecular formula is C20H17BrClN3O3. The molecule has 0 radical (unpaired) electrons. The summed E-state index contributed by atoms with van der Waals surface area (Å²) in [6, 6.07) is 10.3. The first kappa shape index (κ1) is 20.2. The second kappa shape index (κ2) is 9.12. The fourth-order valence-corrected chi connectivity index (χ4v) is 3.07. The number of halogens is 2. The molecule has 6 nitrogen and oxygen atoms in total. The summed E-state index contributed by atoms with van der Waals surface area (Å²) >= 11 is 9.18. The lowest BCUT2D eigenvalue weighted by Crippen LogP contribution is -2.26. The van der Waals surface area contributed by atoms with Gasteiger partial charge in [-0.25, -0.2) is 4.68 Å². The van der Waals surface area contributed by atoms with Crippen LogP contribution in [0, 0.1) is 6.92 Å². The molecule has 1 aromatic carbocycles. The number of carbonyl (C=O) groups is 1. The number of alkyl halides is 1. The zero-order valence-electron chi connectivity index (χ0n) is 15.1. The van der Waals surface area contributed by atoms with Crippen molar-refractivity contribution in [2.24, 2.45) is 0 Å². The lowest BCUT2D eigenvalue weighted by atomic mass is 10.0. The topological polar surface area (TPSA) is 74.1 Å². The van der Waals surface area contributed by atoms with Crippen molar-refractivity contribution in [3.05, 3.63) is 86.6 Å². The summed E-state index contributed by atoms with van der Waals surface area (Å²) in [6.07, 6.45) is 2.93. The maximum atomic E-state index is 12.5. The van der Waals surface area contributed by atoms with Gasteiger partial charge < -0.3 is 4.74 Å². The fourth-order valence-electron chi connectivity index (χ4n) is 2.61. The molecule has 0 fully saturated rings. The fraction of sp³-hybridized carbons (Fsp3) is 0.200. The molecular weight excluding hydrogens is 446 g/mol. The maximum Gasteiger partial charge on any atom is 0.270 e. The number of hydrogen-bond donors (Lipinski definition) is 0. The molecule has 0 saturated heterocycles. The van der Waals surface area contributed by atoms with Crippen LogP contribution < -0.4 is 10.3 Å². The molecule has 0 unspecified atom stereocenters. The molecule has 3 rings (SSSR count). The van der Waals surface area contributed by atoms with Crippen LogP contribution in [0.2, 0.25) is 5.02 Å². The summed E-state index contributed by atoms with van der Waals surface area (Å²) < 4.78 is 6.65. The van der Waals surface area contributed by atoms with E-state index < -0.39 is 5.56 Å². The van der Waals surface area contributed by atoms with Crippen molar-refractivity contribution in [1.29, 1.82) is 0 Å². The van der Waals surface area contributed by atoms with E-state index in [1.54, 1.807) is 18.2 Å². The molecule has 0 N–H and O–H groups in total. The van der Waals surface area contributed by atoms with Gasteiger partial charge in [-0.3, -0.25) is 14.6 Å². The number of hydrogen-bond acceptors (Lipinski definition) is 5. The number of rotatable bonds is 7. The largest absolute Gasteiger partial charge is 0.485 e. The normalized spacial score (nSPS) is 10.7. The van der Waals surface area contributed by atoms with Gasteiger partial charge in [0.1, 0.15) is 18.9 Å². The van der Waals surface area contributed by atoms with Crippen LogP contribution in [0.1, 0.15) is 27.2 Å². The van der Waals surface area contributed by atoms with Crippen LogP contribution in [0.15, 0.2) is 53.6 Å². The van der Waals surface area contributed by atoms with E-state index in [1.165, 1.54) is 18.5 Å². The Balaban J connectivity index is 1.67. The van der Waals surface area contributed by atoms with Gasteiger partial charge in [-0.05, 0) is 30.2 Å². The molecule has 2 heterocycles. The van der Waals surface area contributed by atoms with Crippen molar-refractivity contribution in [2.45, 2.75) is 25.4 Å². The number of Topliss-reactive ketones (excluding diaryl/α,β-unsaturated/α-hetero) is 1. The highest BCUT2D eigenvalue weighted by Crippen LogP contribution is 2.15. The van der Waals surface area contributed by atoms with Crippen LogP contribution in [0.4, 0.5) is 0 Å². The smallest absolute Gasteiger partial charge is 0.270 e. The van der Waals surface area contributed by atoms with Gasteiger partial charge in [0.25, 0.3) is 5.56 Å². The summed E-state index contributed by atoms with van der Waals surface area (Å²) in [5, 5.41) is 5.30. The molecule has 144 valence electrons. The summed E-state index contributed by atoms with van der Waals surface area (Å²) in [4.78, 5) is 28.9. The van der Waals surface area contributed by atoms with Crippen molar-refractivity contribution in [1.82, 2.24) is 14.8 Å². The average molecular weight is 463 g/mol. The molecule has 0 aliphatic carbocycles. The molecule has 2 aromatic heterocycles. The van der Waals surface area contributed by atoms with Gasteiger partial charge in [0.05, 0.1) is 16.9 Å². The van der Waals surface area contributed by atoms with E-state index in [0.29, 0.717) is 22.0 Å². The van der Waals surface area contributed by atoms with Gasteiger partial charge in [0.15, 0.2) is 5.78 Å². The van der Waals surface area contributed by atoms with Gasteiger partial charge >= 0.3 is 0 Å². The second-order valence-corrected chi connectivity index (χ2v) is 7.15. The van der Waals surface area contributed by atoms with E-state index >= 15 is 0 Å². The molecule has 0 atom stereocenters. The highest BCUT2D eigenvalue weighted by Gasteiger charge is 2.12. The number of pyridine rings is 1. The maximum absolute atomic E-state index is 12.5. The van der Waals surface area contributed by atoms with Crippen LogP contribution in [0.3, 0.4) is 0 Å². The lowest BCUT2D eigenvalue weighted by molar-refractivity contribution is 0.0964. The van der Waals surface area contributed by atoms with Crippen LogP contribution in [-0.2, 0) is 18.5 Å². The minimum absolute atomic E-state index is 0.133. The first-order valence-electron chi connectivity index (χ1n) is 8.45. The zero-order valence-corrected chi connectivity index (χ0v) is 17.4. The monoisotopic (exact) mass is 461 g/mol. The van der Waals surface area contributed by atoms with Crippen LogP contribution in [0.25, 0.3) is 0 Å². The Hall–Kier alpha value is -2.51. The van der Waals surface area contributed by atoms with Gasteiger partial charge in [-0.2, -0.15) is 5.10 Å². The van der Waals surface area contributed by atoms with E-state index in [9.17, 15) is 9.59 Å². The standard InChI is InChI=1S/C20H17BrClN3O3/c1-13-6-14(8-21)2-5-18(13)19(26)11-25-20(27)7-17(10-24-25)28-12-16-4-3-15(22)9-23-16/h2-7,9-10H,8,11-12H2,1H3. The predicted molar refractivity (Wildman–Crippen MR) is 110 cm³/mol. The molecule has 8 heteroatoms. The zero-order chi connectivity index (χ0) is 20.1. The minimum atomic E-state index is -0.412. The Kier molecular flexibility index (Phi) is 6.59. The summed E-state index contributed by atoms with van der Waals surface area (Å²) in [7, 11) is 0. The molecule has 28 heavy (non-hydrogen) atoms. The van der Waals surface area contributed by atoms with Crippen LogP contribution >= 0.6 is 27.5 Å². The Morgan fingerprint density at radius 3 is 2.68 bits per heavy atom. The Labute approximate surface area is 175 Å². The van der Waals surface area contributed by atoms with Crippen molar-refractivity contribution in [3.8, 4) is 5.75 Å². The van der Waals surface area contributed by atoms with Crippen molar-refractivity contribution < 1.29 is 9.53 Å². The van der Waals surface area contributed by atoms with Crippen LogP contribution in [0.5, 0.6) is 5.75 Å². The summed E-state index contributed by atoms with van der Waals surface area (Å²) in [5.41, 5.74) is 2.79. The van der Waals surface area contributed by atoms with E-state index in [1.807, 2.05) is 19.1 Å². The van der Waals surface area contributed by atoms with Crippen molar-refractivity contribution in [2.75, 3.05) is 0 Å². The molecule has 0 aliphatic heterocycles. The van der Waals surface area contributed by atoms with Crippen molar-refractivity contribution in [3.63, 3.8) is 0 Å². The highest BCUT2D eigenvalue weighted by molar-refractivity contribution is 9.08. The van der Waals surface area contributed by atoms with E-state index in [2.05, 4.69) is 26.0 Å². The summed E-state index contributed by atoms with van der Waals surface area (Å²) in [6.45, 7) is 1.92. The van der Waals surface area contributed by atoms with Crippen molar-refractivity contribution >= 4 is 33.3 Å². The number of aromatic nitrogens is 3. The number of ether oxygens (including phenoxy) is 1. The third-order valence-electron chi connectivity index (χ3n) is 4.06. The molecule has 0 saturated carbocycles. The number of aryl methyl sites for hydroxylation is 1. The quantitative estimate of drug-likeness (QED) is 0.392. The molecule has 0 spiro atoms. The lowest BCUT2D eigenvalue weighted by Gasteiger charge is -2.09. The molecule has 3 aromatic rings. The highest BCUT2D eigenvalue weighted by atomic mass is 79.9. The number of ketones is 1. The first-order valence-corrected chi connectivity index (χ1v) is 9.95. The first-order chi connectivity index (χ1) is 13.5. The number of nitrogens with zero attached hydrogens (tertiary/aromatic N) is 3. The number of benzene rings is 1. The predicted octanol–water partition coefficient (Wildman–Crippen LogP) is 3.96. The third-order valence-corrected chi connectivity index (χ3v) is 4.93. The second-order valence-electron chi connectivity index (χ2n) is 6.15. The molecule has 0 amide bonds. The van der Waals surface area contributed by atoms with Gasteiger partial charge in [-0.15, -0.1) is 0 Å². The molecule has 0 bridgehead atoms. The Morgan fingerprint density at radius 1 is 1.21 bits per heavy atom. The summed E-state index contributed by atoms with van der Waals surface area (Å²) in [5.74, 6) is 0.135. The van der Waals surface area contributed by atoms with Gasteiger partial charge in [-0.1, -0.05) is 45.7 Å². The van der Waals surface area contributed by atoms with E-state index in [0.717, 1.165) is 21.1 Å². The SMILES string of the molecule is Cc1cc(CBr)ccc1C(=O)Cn1ncc(OCc2ccc(Cl)cn2)cc1=O.